The number of sulfonamides is 1. The number of rotatable bonds is 7. The molecule has 1 aromatic rings. The highest BCUT2D eigenvalue weighted by molar-refractivity contribution is 7.89. The van der Waals surface area contributed by atoms with E-state index in [2.05, 4.69) is 10.3 Å². The predicted octanol–water partition coefficient (Wildman–Crippen LogP) is 0.695. The number of nitrogens with zero attached hydrogens (tertiary/aromatic N) is 3. The third-order valence-corrected chi connectivity index (χ3v) is 4.50. The Kier molecular flexibility index (Phi) is 5.71. The molecule has 0 saturated heterocycles. The first-order valence-electron chi connectivity index (χ1n) is 6.19. The zero-order chi connectivity index (χ0) is 14.5. The maximum Gasteiger partial charge on any atom is 0.244 e. The Labute approximate surface area is 115 Å². The molecule has 0 saturated carbocycles. The molecule has 108 valence electrons. The van der Waals surface area contributed by atoms with Gasteiger partial charge in [0, 0.05) is 32.9 Å². The predicted molar refractivity (Wildman–Crippen MR) is 76.8 cm³/mol. The number of pyridine rings is 1. The third kappa shape index (κ3) is 4.45. The van der Waals surface area contributed by atoms with Crippen LogP contribution in [0.15, 0.2) is 23.2 Å². The first-order valence-corrected chi connectivity index (χ1v) is 7.63. The molecule has 0 aliphatic rings. The standard InChI is InChI=1S/C12H22N4O2S/c1-5-13-12-7-6-11(10-14-12)19(17,18)16(4)9-8-15(2)3/h6-7,10H,5,8-9H2,1-4H3,(H,13,14). The molecule has 0 aliphatic carbocycles. The normalized spacial score (nSPS) is 12.1. The van der Waals surface area contributed by atoms with E-state index in [9.17, 15) is 8.42 Å². The Morgan fingerprint density at radius 1 is 1.21 bits per heavy atom. The van der Waals surface area contributed by atoms with Gasteiger partial charge in [-0.05, 0) is 33.2 Å². The van der Waals surface area contributed by atoms with Crippen molar-refractivity contribution < 1.29 is 8.42 Å². The summed E-state index contributed by atoms with van der Waals surface area (Å²) in [6, 6.07) is 3.25. The zero-order valence-corrected chi connectivity index (χ0v) is 12.7. The lowest BCUT2D eigenvalue weighted by Crippen LogP contribution is -2.33. The van der Waals surface area contributed by atoms with Gasteiger partial charge in [-0.3, -0.25) is 0 Å². The van der Waals surface area contributed by atoms with Crippen molar-refractivity contribution in [2.45, 2.75) is 11.8 Å². The second-order valence-corrected chi connectivity index (χ2v) is 6.58. The van der Waals surface area contributed by atoms with Crippen molar-refractivity contribution in [2.24, 2.45) is 0 Å². The number of anilines is 1. The highest BCUT2D eigenvalue weighted by Gasteiger charge is 2.20. The summed E-state index contributed by atoms with van der Waals surface area (Å²) in [5.41, 5.74) is 0. The van der Waals surface area contributed by atoms with Crippen molar-refractivity contribution in [1.29, 1.82) is 0 Å². The summed E-state index contributed by atoms with van der Waals surface area (Å²) < 4.78 is 25.9. The van der Waals surface area contributed by atoms with Gasteiger partial charge in [0.15, 0.2) is 0 Å². The summed E-state index contributed by atoms with van der Waals surface area (Å²) in [4.78, 5) is 6.25. The monoisotopic (exact) mass is 286 g/mol. The van der Waals surface area contributed by atoms with Gasteiger partial charge in [-0.15, -0.1) is 0 Å². The van der Waals surface area contributed by atoms with E-state index in [0.717, 1.165) is 6.54 Å². The number of likely N-dealkylation sites (N-methyl/N-ethyl adjacent to an activating group) is 2. The summed E-state index contributed by atoms with van der Waals surface area (Å²) >= 11 is 0. The molecule has 6 nitrogen and oxygen atoms in total. The van der Waals surface area contributed by atoms with Crippen molar-refractivity contribution in [3.8, 4) is 0 Å². The van der Waals surface area contributed by atoms with E-state index in [0.29, 0.717) is 18.9 Å². The van der Waals surface area contributed by atoms with Gasteiger partial charge >= 0.3 is 0 Å². The lowest BCUT2D eigenvalue weighted by atomic mass is 10.4. The zero-order valence-electron chi connectivity index (χ0n) is 11.9. The number of hydrogen-bond acceptors (Lipinski definition) is 5. The Hall–Kier alpha value is -1.18. The maximum absolute atomic E-state index is 12.3. The number of nitrogens with one attached hydrogen (secondary N) is 1. The molecule has 7 heteroatoms. The average Bonchev–Trinajstić information content (AvgIpc) is 2.36. The summed E-state index contributed by atoms with van der Waals surface area (Å²) in [6.45, 7) is 3.84. The van der Waals surface area contributed by atoms with E-state index in [-0.39, 0.29) is 4.90 Å². The molecule has 1 N–H and O–H groups in total. The van der Waals surface area contributed by atoms with Crippen LogP contribution in [0.5, 0.6) is 0 Å². The van der Waals surface area contributed by atoms with Crippen molar-refractivity contribution in [1.82, 2.24) is 14.2 Å². The van der Waals surface area contributed by atoms with Gasteiger partial charge in [-0.1, -0.05) is 0 Å². The molecule has 1 rings (SSSR count). The van der Waals surface area contributed by atoms with E-state index in [1.165, 1.54) is 10.5 Å². The fourth-order valence-corrected chi connectivity index (χ4v) is 2.57. The molecule has 0 amide bonds. The first-order chi connectivity index (χ1) is 8.87. The minimum Gasteiger partial charge on any atom is -0.370 e. The number of hydrogen-bond donors (Lipinski definition) is 1. The molecular weight excluding hydrogens is 264 g/mol. The highest BCUT2D eigenvalue weighted by atomic mass is 32.2. The van der Waals surface area contributed by atoms with E-state index in [1.54, 1.807) is 19.2 Å². The third-order valence-electron chi connectivity index (χ3n) is 2.66. The van der Waals surface area contributed by atoms with Crippen molar-refractivity contribution >= 4 is 15.8 Å². The average molecular weight is 286 g/mol. The number of aromatic nitrogens is 1. The topological polar surface area (TPSA) is 65.5 Å². The summed E-state index contributed by atoms with van der Waals surface area (Å²) in [6.07, 6.45) is 1.39. The molecule has 0 aliphatic heterocycles. The van der Waals surface area contributed by atoms with Crippen LogP contribution in [-0.4, -0.2) is 63.4 Å². The van der Waals surface area contributed by atoms with Crippen molar-refractivity contribution in [2.75, 3.05) is 46.1 Å². The largest absolute Gasteiger partial charge is 0.370 e. The molecule has 19 heavy (non-hydrogen) atoms. The van der Waals surface area contributed by atoms with Crippen LogP contribution < -0.4 is 5.32 Å². The van der Waals surface area contributed by atoms with Crippen LogP contribution in [0.3, 0.4) is 0 Å². The fourth-order valence-electron chi connectivity index (χ4n) is 1.46. The lowest BCUT2D eigenvalue weighted by Gasteiger charge is -2.19. The van der Waals surface area contributed by atoms with Crippen LogP contribution >= 0.6 is 0 Å². The van der Waals surface area contributed by atoms with E-state index >= 15 is 0 Å². The van der Waals surface area contributed by atoms with Crippen LogP contribution in [0.25, 0.3) is 0 Å². The van der Waals surface area contributed by atoms with Crippen LogP contribution in [0.2, 0.25) is 0 Å². The quantitative estimate of drug-likeness (QED) is 0.799. The van der Waals surface area contributed by atoms with Crippen LogP contribution in [0, 0.1) is 0 Å². The van der Waals surface area contributed by atoms with Gasteiger partial charge in [-0.2, -0.15) is 4.31 Å². The second-order valence-electron chi connectivity index (χ2n) is 4.54. The summed E-state index contributed by atoms with van der Waals surface area (Å²) in [5, 5.41) is 3.03. The molecule has 1 heterocycles. The highest BCUT2D eigenvalue weighted by Crippen LogP contribution is 2.14. The SMILES string of the molecule is CCNc1ccc(S(=O)(=O)N(C)CCN(C)C)cn1. The van der Waals surface area contributed by atoms with Gasteiger partial charge in [-0.25, -0.2) is 13.4 Å². The summed E-state index contributed by atoms with van der Waals surface area (Å²) in [5.74, 6) is 0.678. The molecule has 0 aromatic carbocycles. The van der Waals surface area contributed by atoms with Gasteiger partial charge < -0.3 is 10.2 Å². The summed E-state index contributed by atoms with van der Waals surface area (Å²) in [7, 11) is 1.95. The molecular formula is C12H22N4O2S. The molecule has 0 spiro atoms. The minimum absolute atomic E-state index is 0.218. The van der Waals surface area contributed by atoms with E-state index in [1.807, 2.05) is 25.9 Å². The van der Waals surface area contributed by atoms with Gasteiger partial charge in [0.1, 0.15) is 10.7 Å². The molecule has 0 bridgehead atoms. The van der Waals surface area contributed by atoms with E-state index in [4.69, 9.17) is 0 Å². The smallest absolute Gasteiger partial charge is 0.244 e. The van der Waals surface area contributed by atoms with E-state index < -0.39 is 10.0 Å². The minimum atomic E-state index is -3.45. The van der Waals surface area contributed by atoms with Crippen molar-refractivity contribution in [3.05, 3.63) is 18.3 Å². The van der Waals surface area contributed by atoms with Crippen LogP contribution in [0.1, 0.15) is 6.92 Å². The molecule has 0 unspecified atom stereocenters. The second kappa shape index (κ2) is 6.83. The van der Waals surface area contributed by atoms with Gasteiger partial charge in [0.25, 0.3) is 0 Å². The fraction of sp³-hybridized carbons (Fsp3) is 0.583. The lowest BCUT2D eigenvalue weighted by molar-refractivity contribution is 0.358. The molecule has 0 radical (unpaired) electrons. The Morgan fingerprint density at radius 2 is 1.89 bits per heavy atom. The van der Waals surface area contributed by atoms with Gasteiger partial charge in [0.05, 0.1) is 0 Å². The molecule has 0 fully saturated rings. The van der Waals surface area contributed by atoms with Crippen LogP contribution in [-0.2, 0) is 10.0 Å². The van der Waals surface area contributed by atoms with Crippen LogP contribution in [0.4, 0.5) is 5.82 Å². The van der Waals surface area contributed by atoms with Crippen molar-refractivity contribution in [3.63, 3.8) is 0 Å². The molecule has 1 aromatic heterocycles. The Bertz CT molecular complexity index is 485. The van der Waals surface area contributed by atoms with Gasteiger partial charge in [0.2, 0.25) is 10.0 Å². The maximum atomic E-state index is 12.3. The Morgan fingerprint density at radius 3 is 2.37 bits per heavy atom. The Balaban J connectivity index is 2.81. The molecule has 0 atom stereocenters. The first kappa shape index (κ1) is 15.9.